The molecule has 0 bridgehead atoms. The van der Waals surface area contributed by atoms with E-state index in [1.165, 1.54) is 14.2 Å². The Bertz CT molecular complexity index is 841. The number of carbonyl (C=O) groups excluding carboxylic acids is 2. The van der Waals surface area contributed by atoms with Gasteiger partial charge in [0.25, 0.3) is 0 Å². The van der Waals surface area contributed by atoms with Gasteiger partial charge in [-0.05, 0) is 43.4 Å². The standard InChI is InChI=1S/C26H36O5/c1-5-6-7-8-15-21(16-12-19-24(27)29-3)31-25(28)26(2,30-4)23-18-11-14-20-13-9-10-17-22(20)23/h9-11,13-14,17-18,21H,5-8,12,15-16,19H2,1-4H3/t21-,26-/m1/s1. The molecule has 2 atom stereocenters. The summed E-state index contributed by atoms with van der Waals surface area (Å²) in [6, 6.07) is 13.8. The molecule has 0 N–H and O–H groups in total. The third-order valence-corrected chi connectivity index (χ3v) is 5.89. The van der Waals surface area contributed by atoms with Crippen LogP contribution in [0.1, 0.15) is 70.8 Å². The summed E-state index contributed by atoms with van der Waals surface area (Å²) >= 11 is 0. The van der Waals surface area contributed by atoms with Gasteiger partial charge in [0.15, 0.2) is 5.60 Å². The van der Waals surface area contributed by atoms with Crippen LogP contribution < -0.4 is 0 Å². The van der Waals surface area contributed by atoms with Crippen molar-refractivity contribution < 1.29 is 23.8 Å². The molecule has 5 nitrogen and oxygen atoms in total. The van der Waals surface area contributed by atoms with Gasteiger partial charge in [0, 0.05) is 19.1 Å². The summed E-state index contributed by atoms with van der Waals surface area (Å²) in [6.07, 6.45) is 6.50. The highest BCUT2D eigenvalue weighted by atomic mass is 16.6. The number of fused-ring (bicyclic) bond motifs is 1. The third kappa shape index (κ3) is 6.79. The first-order valence-electron chi connectivity index (χ1n) is 11.3. The van der Waals surface area contributed by atoms with E-state index in [1.54, 1.807) is 6.92 Å². The first-order chi connectivity index (χ1) is 15.0. The first-order valence-corrected chi connectivity index (χ1v) is 11.3. The molecule has 0 spiro atoms. The van der Waals surface area contributed by atoms with Crippen LogP contribution in [0.4, 0.5) is 0 Å². The molecule has 0 amide bonds. The molecule has 0 aliphatic heterocycles. The van der Waals surface area contributed by atoms with Gasteiger partial charge in [0.2, 0.25) is 0 Å². The highest BCUT2D eigenvalue weighted by Crippen LogP contribution is 2.33. The van der Waals surface area contributed by atoms with Crippen LogP contribution >= 0.6 is 0 Å². The predicted molar refractivity (Wildman–Crippen MR) is 123 cm³/mol. The lowest BCUT2D eigenvalue weighted by molar-refractivity contribution is -0.174. The van der Waals surface area contributed by atoms with Crippen molar-refractivity contribution in [3.8, 4) is 0 Å². The predicted octanol–water partition coefficient (Wildman–Crippen LogP) is 5.93. The van der Waals surface area contributed by atoms with Crippen LogP contribution in [0, 0.1) is 0 Å². The Kier molecular flexibility index (Phi) is 9.99. The van der Waals surface area contributed by atoms with Gasteiger partial charge < -0.3 is 14.2 Å². The molecule has 0 heterocycles. The number of carbonyl (C=O) groups is 2. The summed E-state index contributed by atoms with van der Waals surface area (Å²) in [7, 11) is 2.93. The maximum atomic E-state index is 13.4. The van der Waals surface area contributed by atoms with Crippen LogP contribution in [-0.4, -0.2) is 32.3 Å². The molecule has 2 aromatic rings. The summed E-state index contributed by atoms with van der Waals surface area (Å²) in [5.41, 5.74) is -0.428. The van der Waals surface area contributed by atoms with Gasteiger partial charge in [-0.25, -0.2) is 4.79 Å². The van der Waals surface area contributed by atoms with Crippen molar-refractivity contribution in [3.05, 3.63) is 48.0 Å². The molecule has 0 fully saturated rings. The maximum Gasteiger partial charge on any atom is 0.343 e. The Balaban J connectivity index is 2.17. The van der Waals surface area contributed by atoms with E-state index in [1.807, 2.05) is 42.5 Å². The Labute approximate surface area is 186 Å². The maximum absolute atomic E-state index is 13.4. The Hall–Kier alpha value is -2.40. The van der Waals surface area contributed by atoms with Crippen LogP contribution in [0.5, 0.6) is 0 Å². The van der Waals surface area contributed by atoms with E-state index in [0.29, 0.717) is 19.3 Å². The van der Waals surface area contributed by atoms with Crippen molar-refractivity contribution in [2.75, 3.05) is 14.2 Å². The van der Waals surface area contributed by atoms with Gasteiger partial charge in [0.05, 0.1) is 7.11 Å². The fourth-order valence-electron chi connectivity index (χ4n) is 3.85. The fourth-order valence-corrected chi connectivity index (χ4v) is 3.85. The second kappa shape index (κ2) is 12.5. The second-order valence-electron chi connectivity index (χ2n) is 8.11. The monoisotopic (exact) mass is 428 g/mol. The zero-order chi connectivity index (χ0) is 22.7. The fraction of sp³-hybridized carbons (Fsp3) is 0.538. The van der Waals surface area contributed by atoms with Crippen molar-refractivity contribution in [1.82, 2.24) is 0 Å². The van der Waals surface area contributed by atoms with Crippen LogP contribution in [0.2, 0.25) is 0 Å². The molecule has 170 valence electrons. The average Bonchev–Trinajstić information content (AvgIpc) is 2.80. The van der Waals surface area contributed by atoms with E-state index in [0.717, 1.165) is 48.4 Å². The second-order valence-corrected chi connectivity index (χ2v) is 8.11. The number of hydrogen-bond donors (Lipinski definition) is 0. The van der Waals surface area contributed by atoms with Gasteiger partial charge in [-0.15, -0.1) is 0 Å². The van der Waals surface area contributed by atoms with Crippen LogP contribution in [0.3, 0.4) is 0 Å². The summed E-state index contributed by atoms with van der Waals surface area (Å²) in [5.74, 6) is -0.640. The van der Waals surface area contributed by atoms with Gasteiger partial charge in [-0.2, -0.15) is 0 Å². The Morgan fingerprint density at radius 1 is 0.935 bits per heavy atom. The first kappa shape index (κ1) is 24.9. The molecule has 0 aromatic heterocycles. The molecule has 0 saturated heterocycles. The number of unbranched alkanes of at least 4 members (excludes halogenated alkanes) is 3. The molecule has 0 aliphatic carbocycles. The van der Waals surface area contributed by atoms with Crippen LogP contribution in [-0.2, 0) is 29.4 Å². The largest absolute Gasteiger partial charge is 0.469 e. The molecule has 31 heavy (non-hydrogen) atoms. The minimum absolute atomic E-state index is 0.242. The number of benzene rings is 2. The van der Waals surface area contributed by atoms with Crippen molar-refractivity contribution in [2.45, 2.75) is 76.9 Å². The summed E-state index contributed by atoms with van der Waals surface area (Å²) in [4.78, 5) is 24.8. The van der Waals surface area contributed by atoms with E-state index in [-0.39, 0.29) is 12.1 Å². The van der Waals surface area contributed by atoms with E-state index in [9.17, 15) is 9.59 Å². The molecular weight excluding hydrogens is 392 g/mol. The summed E-state index contributed by atoms with van der Waals surface area (Å²) < 4.78 is 16.5. The molecule has 0 aliphatic rings. The SMILES string of the molecule is CCCCCC[C@H](CCCC(=O)OC)OC(=O)[C@](C)(OC)c1cccc2ccccc12. The van der Waals surface area contributed by atoms with Gasteiger partial charge in [-0.3, -0.25) is 4.79 Å². The van der Waals surface area contributed by atoms with Gasteiger partial charge >= 0.3 is 11.9 Å². The zero-order valence-electron chi connectivity index (χ0n) is 19.3. The lowest BCUT2D eigenvalue weighted by Crippen LogP contribution is -2.38. The van der Waals surface area contributed by atoms with E-state index in [2.05, 4.69) is 6.92 Å². The molecule has 0 radical (unpaired) electrons. The number of rotatable bonds is 13. The van der Waals surface area contributed by atoms with E-state index >= 15 is 0 Å². The molecule has 0 saturated carbocycles. The summed E-state index contributed by atoms with van der Waals surface area (Å²) in [5, 5.41) is 2.02. The zero-order valence-corrected chi connectivity index (χ0v) is 19.3. The van der Waals surface area contributed by atoms with E-state index < -0.39 is 11.6 Å². The lowest BCUT2D eigenvalue weighted by Gasteiger charge is -2.30. The minimum Gasteiger partial charge on any atom is -0.469 e. The molecular formula is C26H36O5. The van der Waals surface area contributed by atoms with Gasteiger partial charge in [0.1, 0.15) is 6.10 Å². The average molecular weight is 429 g/mol. The minimum atomic E-state index is -1.22. The van der Waals surface area contributed by atoms with Crippen molar-refractivity contribution in [2.24, 2.45) is 0 Å². The Morgan fingerprint density at radius 2 is 1.65 bits per heavy atom. The highest BCUT2D eigenvalue weighted by Gasteiger charge is 2.39. The number of methoxy groups -OCH3 is 2. The number of hydrogen-bond acceptors (Lipinski definition) is 5. The number of ether oxygens (including phenoxy) is 3. The quantitative estimate of drug-likeness (QED) is 0.292. The smallest absolute Gasteiger partial charge is 0.343 e. The normalized spacial score (nSPS) is 14.1. The Morgan fingerprint density at radius 3 is 2.35 bits per heavy atom. The third-order valence-electron chi connectivity index (χ3n) is 5.89. The van der Waals surface area contributed by atoms with E-state index in [4.69, 9.17) is 14.2 Å². The highest BCUT2D eigenvalue weighted by molar-refractivity contribution is 5.92. The molecule has 0 unspecified atom stereocenters. The topological polar surface area (TPSA) is 61.8 Å². The number of esters is 2. The van der Waals surface area contributed by atoms with Crippen LogP contribution in [0.15, 0.2) is 42.5 Å². The van der Waals surface area contributed by atoms with Crippen LogP contribution in [0.25, 0.3) is 10.8 Å². The lowest BCUT2D eigenvalue weighted by atomic mass is 9.90. The van der Waals surface area contributed by atoms with Crippen molar-refractivity contribution >= 4 is 22.7 Å². The molecule has 5 heteroatoms. The van der Waals surface area contributed by atoms with Crippen molar-refractivity contribution in [1.29, 1.82) is 0 Å². The molecule has 2 aromatic carbocycles. The van der Waals surface area contributed by atoms with Crippen molar-refractivity contribution in [3.63, 3.8) is 0 Å². The summed E-state index contributed by atoms with van der Waals surface area (Å²) in [6.45, 7) is 3.93. The van der Waals surface area contributed by atoms with Gasteiger partial charge in [-0.1, -0.05) is 68.7 Å². The molecule has 2 rings (SSSR count).